The molecule has 1 unspecified atom stereocenters. The molecule has 0 saturated carbocycles. The molecule has 1 heterocycles. The van der Waals surface area contributed by atoms with Gasteiger partial charge in [0, 0.05) is 9.90 Å². The van der Waals surface area contributed by atoms with Gasteiger partial charge < -0.3 is 9.84 Å². The molecule has 0 bridgehead atoms. The fourth-order valence-corrected chi connectivity index (χ4v) is 3.76. The predicted octanol–water partition coefficient (Wildman–Crippen LogP) is 5.21. The Kier molecular flexibility index (Phi) is 5.19. The van der Waals surface area contributed by atoms with Gasteiger partial charge >= 0.3 is 5.97 Å². The van der Waals surface area contributed by atoms with E-state index in [2.05, 4.69) is 6.07 Å². The van der Waals surface area contributed by atoms with Crippen molar-refractivity contribution in [3.63, 3.8) is 0 Å². The molecular formula is C19H17ClO3S. The number of hydrogen-bond donors (Lipinski definition) is 1. The maximum Gasteiger partial charge on any atom is 0.308 e. The number of hydrogen-bond acceptors (Lipinski definition) is 4. The lowest BCUT2D eigenvalue weighted by Crippen LogP contribution is -2.09. The quantitative estimate of drug-likeness (QED) is 0.635. The van der Waals surface area contributed by atoms with Crippen molar-refractivity contribution in [1.82, 2.24) is 0 Å². The molecule has 0 aliphatic rings. The molecule has 0 spiro atoms. The number of rotatable bonds is 5. The Bertz CT molecular complexity index is 872. The van der Waals surface area contributed by atoms with E-state index in [-0.39, 0.29) is 6.42 Å². The van der Waals surface area contributed by atoms with Crippen molar-refractivity contribution < 1.29 is 14.6 Å². The lowest BCUT2D eigenvalue weighted by Gasteiger charge is -2.12. The Balaban J connectivity index is 1.92. The predicted molar refractivity (Wildman–Crippen MR) is 98.5 cm³/mol. The van der Waals surface area contributed by atoms with Gasteiger partial charge in [-0.25, -0.2) is 0 Å². The SMILES string of the molecule is CCOC(=O)CC(O)c1sccc1-c1ccc2cc(Cl)ccc2c1. The van der Waals surface area contributed by atoms with Crippen LogP contribution in [0.15, 0.2) is 47.8 Å². The molecule has 2 aromatic carbocycles. The van der Waals surface area contributed by atoms with Crippen molar-refractivity contribution in [1.29, 1.82) is 0 Å². The number of thiophene rings is 1. The summed E-state index contributed by atoms with van der Waals surface area (Å²) in [5.41, 5.74) is 1.94. The van der Waals surface area contributed by atoms with Crippen molar-refractivity contribution in [2.24, 2.45) is 0 Å². The van der Waals surface area contributed by atoms with Gasteiger partial charge in [-0.3, -0.25) is 4.79 Å². The summed E-state index contributed by atoms with van der Waals surface area (Å²) in [4.78, 5) is 12.4. The van der Waals surface area contributed by atoms with Crippen molar-refractivity contribution >= 4 is 39.7 Å². The third kappa shape index (κ3) is 3.61. The van der Waals surface area contributed by atoms with E-state index in [4.69, 9.17) is 16.3 Å². The highest BCUT2D eigenvalue weighted by atomic mass is 35.5. The lowest BCUT2D eigenvalue weighted by molar-refractivity contribution is -0.145. The van der Waals surface area contributed by atoms with Crippen LogP contribution in [-0.2, 0) is 9.53 Å². The van der Waals surface area contributed by atoms with E-state index in [0.717, 1.165) is 26.8 Å². The number of halogens is 1. The van der Waals surface area contributed by atoms with Crippen molar-refractivity contribution in [3.05, 3.63) is 57.7 Å². The molecule has 3 rings (SSSR count). The first-order chi connectivity index (χ1) is 11.6. The second kappa shape index (κ2) is 7.34. The first kappa shape index (κ1) is 17.0. The minimum Gasteiger partial charge on any atom is -0.466 e. The fourth-order valence-electron chi connectivity index (χ4n) is 2.67. The smallest absolute Gasteiger partial charge is 0.308 e. The Morgan fingerprint density at radius 1 is 1.21 bits per heavy atom. The van der Waals surface area contributed by atoms with Crippen LogP contribution in [0.5, 0.6) is 0 Å². The van der Waals surface area contributed by atoms with Gasteiger partial charge in [0.05, 0.1) is 19.1 Å². The largest absolute Gasteiger partial charge is 0.466 e. The average molecular weight is 361 g/mol. The number of esters is 1. The van der Waals surface area contributed by atoms with Crippen LogP contribution in [-0.4, -0.2) is 17.7 Å². The van der Waals surface area contributed by atoms with Gasteiger partial charge in [0.2, 0.25) is 0 Å². The standard InChI is InChI=1S/C19H17ClO3S/c1-2-23-18(22)11-17(21)19-16(7-8-24-19)14-4-3-13-10-15(20)6-5-12(13)9-14/h3-10,17,21H,2,11H2,1H3. The summed E-state index contributed by atoms with van der Waals surface area (Å²) in [6, 6.07) is 13.8. The highest BCUT2D eigenvalue weighted by Gasteiger charge is 2.19. The Morgan fingerprint density at radius 3 is 2.75 bits per heavy atom. The number of aliphatic hydroxyl groups excluding tert-OH is 1. The van der Waals surface area contributed by atoms with Gasteiger partial charge in [0.15, 0.2) is 0 Å². The first-order valence-electron chi connectivity index (χ1n) is 7.69. The normalized spacial score (nSPS) is 12.3. The maximum absolute atomic E-state index is 11.6. The minimum atomic E-state index is -0.861. The minimum absolute atomic E-state index is 0.0372. The summed E-state index contributed by atoms with van der Waals surface area (Å²) in [5.74, 6) is -0.391. The van der Waals surface area contributed by atoms with E-state index in [1.807, 2.05) is 41.8 Å². The number of carbonyl (C=O) groups excluding carboxylic acids is 1. The number of fused-ring (bicyclic) bond motifs is 1. The zero-order valence-electron chi connectivity index (χ0n) is 13.2. The molecule has 124 valence electrons. The van der Waals surface area contributed by atoms with Gasteiger partial charge in [-0.15, -0.1) is 11.3 Å². The van der Waals surface area contributed by atoms with Crippen LogP contribution in [0.25, 0.3) is 21.9 Å². The summed E-state index contributed by atoms with van der Waals surface area (Å²) in [6.45, 7) is 2.07. The second-order valence-electron chi connectivity index (χ2n) is 5.43. The third-order valence-corrected chi connectivity index (χ3v) is 5.03. The lowest BCUT2D eigenvalue weighted by atomic mass is 10.00. The molecule has 3 nitrogen and oxygen atoms in total. The maximum atomic E-state index is 11.6. The monoisotopic (exact) mass is 360 g/mol. The van der Waals surface area contributed by atoms with Crippen molar-refractivity contribution in [2.75, 3.05) is 6.61 Å². The summed E-state index contributed by atoms with van der Waals surface area (Å²) < 4.78 is 4.92. The third-order valence-electron chi connectivity index (χ3n) is 3.78. The number of ether oxygens (including phenoxy) is 1. The number of benzene rings is 2. The van der Waals surface area contributed by atoms with Crippen LogP contribution < -0.4 is 0 Å². The van der Waals surface area contributed by atoms with Crippen molar-refractivity contribution in [2.45, 2.75) is 19.4 Å². The Morgan fingerprint density at radius 2 is 1.96 bits per heavy atom. The van der Waals surface area contributed by atoms with Gasteiger partial charge in [0.25, 0.3) is 0 Å². The molecule has 1 N–H and O–H groups in total. The first-order valence-corrected chi connectivity index (χ1v) is 8.95. The van der Waals surface area contributed by atoms with E-state index in [0.29, 0.717) is 11.6 Å². The molecule has 1 aromatic heterocycles. The zero-order chi connectivity index (χ0) is 17.1. The second-order valence-corrected chi connectivity index (χ2v) is 6.81. The van der Waals surface area contributed by atoms with Gasteiger partial charge in [-0.2, -0.15) is 0 Å². The molecule has 24 heavy (non-hydrogen) atoms. The molecule has 1 atom stereocenters. The topological polar surface area (TPSA) is 46.5 Å². The zero-order valence-corrected chi connectivity index (χ0v) is 14.7. The molecule has 5 heteroatoms. The van der Waals surface area contributed by atoms with E-state index in [1.165, 1.54) is 11.3 Å². The van der Waals surface area contributed by atoms with Gasteiger partial charge in [-0.1, -0.05) is 29.8 Å². The Labute approximate surface area is 149 Å². The Hall–Kier alpha value is -1.88. The average Bonchev–Trinajstić information content (AvgIpc) is 3.04. The highest BCUT2D eigenvalue weighted by molar-refractivity contribution is 7.10. The summed E-state index contributed by atoms with van der Waals surface area (Å²) in [5, 5.41) is 15.2. The van der Waals surface area contributed by atoms with Crippen LogP contribution in [0.2, 0.25) is 5.02 Å². The molecule has 0 radical (unpaired) electrons. The van der Waals surface area contributed by atoms with E-state index in [9.17, 15) is 9.90 Å². The molecule has 0 saturated heterocycles. The molecule has 0 amide bonds. The van der Waals surface area contributed by atoms with Crippen molar-refractivity contribution in [3.8, 4) is 11.1 Å². The van der Waals surface area contributed by atoms with Crippen LogP contribution in [0.3, 0.4) is 0 Å². The number of carbonyl (C=O) groups is 1. The molecular weight excluding hydrogens is 344 g/mol. The highest BCUT2D eigenvalue weighted by Crippen LogP contribution is 2.36. The van der Waals surface area contributed by atoms with Gasteiger partial charge in [0.1, 0.15) is 0 Å². The summed E-state index contributed by atoms with van der Waals surface area (Å²) >= 11 is 7.47. The molecule has 0 aliphatic carbocycles. The number of aliphatic hydroxyl groups is 1. The molecule has 0 fully saturated rings. The van der Waals surface area contributed by atoms with E-state index in [1.54, 1.807) is 6.92 Å². The van der Waals surface area contributed by atoms with Crippen LogP contribution in [0.4, 0.5) is 0 Å². The van der Waals surface area contributed by atoms with Gasteiger partial charge in [-0.05, 0) is 58.5 Å². The van der Waals surface area contributed by atoms with Crippen LogP contribution in [0, 0.1) is 0 Å². The molecule has 0 aliphatic heterocycles. The molecule has 3 aromatic rings. The van der Waals surface area contributed by atoms with Crippen LogP contribution in [0.1, 0.15) is 24.3 Å². The van der Waals surface area contributed by atoms with Crippen LogP contribution >= 0.6 is 22.9 Å². The summed E-state index contributed by atoms with van der Waals surface area (Å²) in [6.07, 6.45) is -0.898. The van der Waals surface area contributed by atoms with E-state index >= 15 is 0 Å². The van der Waals surface area contributed by atoms with E-state index < -0.39 is 12.1 Å². The fraction of sp³-hybridized carbons (Fsp3) is 0.211. The summed E-state index contributed by atoms with van der Waals surface area (Å²) in [7, 11) is 0.